The molecule has 1 aromatic rings. The van der Waals surface area contributed by atoms with Gasteiger partial charge < -0.3 is 21.5 Å². The van der Waals surface area contributed by atoms with E-state index in [1.165, 1.54) is 6.42 Å². The summed E-state index contributed by atoms with van der Waals surface area (Å²) in [7, 11) is 0. The molecule has 0 amide bonds. The van der Waals surface area contributed by atoms with Crippen molar-refractivity contribution in [2.75, 3.05) is 29.9 Å². The largest absolute Gasteiger partial charge is 0.383 e. The molecule has 6 nitrogen and oxygen atoms in total. The highest BCUT2D eigenvalue weighted by Crippen LogP contribution is 2.14. The zero-order valence-corrected chi connectivity index (χ0v) is 9.15. The molecule has 1 aliphatic rings. The molecular weight excluding hydrogens is 206 g/mol. The lowest BCUT2D eigenvalue weighted by Gasteiger charge is -2.22. The summed E-state index contributed by atoms with van der Waals surface area (Å²) >= 11 is 0. The molecule has 1 atom stereocenters. The fraction of sp³-hybridized carbons (Fsp3) is 0.600. The Morgan fingerprint density at radius 1 is 1.38 bits per heavy atom. The van der Waals surface area contributed by atoms with Crippen LogP contribution < -0.4 is 16.8 Å². The van der Waals surface area contributed by atoms with Crippen LogP contribution in [0.5, 0.6) is 0 Å². The van der Waals surface area contributed by atoms with E-state index in [9.17, 15) is 0 Å². The molecule has 0 aromatic carbocycles. The summed E-state index contributed by atoms with van der Waals surface area (Å²) in [6, 6.07) is 1.67. The SMILES string of the molecule is Nc1cc(NCC2CCCCO2)nc(N)n1. The van der Waals surface area contributed by atoms with Crippen LogP contribution in [0.25, 0.3) is 0 Å². The first kappa shape index (κ1) is 10.9. The predicted octanol–water partition coefficient (Wildman–Crippen LogP) is 0.622. The average Bonchev–Trinajstić information content (AvgIpc) is 2.27. The minimum atomic E-state index is 0.187. The van der Waals surface area contributed by atoms with Crippen LogP contribution >= 0.6 is 0 Å². The lowest BCUT2D eigenvalue weighted by molar-refractivity contribution is 0.0247. The molecule has 0 aliphatic carbocycles. The quantitative estimate of drug-likeness (QED) is 0.694. The molecular formula is C10H17N5O. The van der Waals surface area contributed by atoms with Crippen LogP contribution in [-0.2, 0) is 4.74 Å². The van der Waals surface area contributed by atoms with Gasteiger partial charge in [-0.2, -0.15) is 9.97 Å². The van der Waals surface area contributed by atoms with E-state index in [4.69, 9.17) is 16.2 Å². The molecule has 16 heavy (non-hydrogen) atoms. The van der Waals surface area contributed by atoms with Crippen LogP contribution in [0, 0.1) is 0 Å². The number of nitrogens with two attached hydrogens (primary N) is 2. The van der Waals surface area contributed by atoms with E-state index < -0.39 is 0 Å². The normalized spacial score (nSPS) is 20.6. The fourth-order valence-electron chi connectivity index (χ4n) is 1.76. The Kier molecular flexibility index (Phi) is 3.40. The molecule has 0 radical (unpaired) electrons. The van der Waals surface area contributed by atoms with Gasteiger partial charge in [0.05, 0.1) is 6.10 Å². The molecule has 5 N–H and O–H groups in total. The third-order valence-corrected chi connectivity index (χ3v) is 2.55. The van der Waals surface area contributed by atoms with Crippen molar-refractivity contribution in [1.82, 2.24) is 9.97 Å². The van der Waals surface area contributed by atoms with E-state index in [0.717, 1.165) is 26.0 Å². The standard InChI is InChI=1S/C10H17N5O/c11-8-5-9(15-10(12)14-8)13-6-7-3-1-2-4-16-7/h5,7H,1-4,6H2,(H5,11,12,13,14,15). The highest BCUT2D eigenvalue weighted by Gasteiger charge is 2.13. The van der Waals surface area contributed by atoms with Crippen molar-refractivity contribution in [2.45, 2.75) is 25.4 Å². The minimum Gasteiger partial charge on any atom is -0.383 e. The zero-order valence-electron chi connectivity index (χ0n) is 9.15. The van der Waals surface area contributed by atoms with E-state index >= 15 is 0 Å². The summed E-state index contributed by atoms with van der Waals surface area (Å²) in [6.07, 6.45) is 3.72. The van der Waals surface area contributed by atoms with Crippen LogP contribution in [0.4, 0.5) is 17.6 Å². The molecule has 1 aromatic heterocycles. The molecule has 2 rings (SSSR count). The number of hydrogen-bond donors (Lipinski definition) is 3. The van der Waals surface area contributed by atoms with Gasteiger partial charge in [-0.05, 0) is 19.3 Å². The lowest BCUT2D eigenvalue weighted by Crippen LogP contribution is -2.27. The van der Waals surface area contributed by atoms with Crippen molar-refractivity contribution in [3.05, 3.63) is 6.07 Å². The van der Waals surface area contributed by atoms with Gasteiger partial charge in [0.15, 0.2) is 0 Å². The number of ether oxygens (including phenoxy) is 1. The summed E-state index contributed by atoms with van der Waals surface area (Å²) in [5.74, 6) is 1.21. The number of aromatic nitrogens is 2. The first-order valence-electron chi connectivity index (χ1n) is 5.49. The number of anilines is 3. The number of hydrogen-bond acceptors (Lipinski definition) is 6. The Bertz CT molecular complexity index is 331. The van der Waals surface area contributed by atoms with E-state index in [1.807, 2.05) is 0 Å². The average molecular weight is 223 g/mol. The first-order chi connectivity index (χ1) is 7.74. The smallest absolute Gasteiger partial charge is 0.223 e. The minimum absolute atomic E-state index is 0.187. The van der Waals surface area contributed by atoms with E-state index in [-0.39, 0.29) is 12.1 Å². The summed E-state index contributed by atoms with van der Waals surface area (Å²) in [6.45, 7) is 1.58. The topological polar surface area (TPSA) is 99.1 Å². The van der Waals surface area contributed by atoms with Crippen molar-refractivity contribution in [3.8, 4) is 0 Å². The van der Waals surface area contributed by atoms with Crippen LogP contribution in [-0.4, -0.2) is 29.2 Å². The van der Waals surface area contributed by atoms with E-state index in [2.05, 4.69) is 15.3 Å². The van der Waals surface area contributed by atoms with E-state index in [1.54, 1.807) is 6.07 Å². The van der Waals surface area contributed by atoms with Gasteiger partial charge in [0, 0.05) is 19.2 Å². The summed E-state index contributed by atoms with van der Waals surface area (Å²) in [5, 5.41) is 3.16. The number of rotatable bonds is 3. The molecule has 0 spiro atoms. The van der Waals surface area contributed by atoms with Gasteiger partial charge in [-0.25, -0.2) is 0 Å². The summed E-state index contributed by atoms with van der Waals surface area (Å²) in [4.78, 5) is 7.84. The molecule has 88 valence electrons. The third-order valence-electron chi connectivity index (χ3n) is 2.55. The van der Waals surface area contributed by atoms with Crippen LogP contribution in [0.2, 0.25) is 0 Å². The van der Waals surface area contributed by atoms with Crippen molar-refractivity contribution in [2.24, 2.45) is 0 Å². The maximum Gasteiger partial charge on any atom is 0.223 e. The maximum absolute atomic E-state index is 5.59. The highest BCUT2D eigenvalue weighted by atomic mass is 16.5. The Hall–Kier alpha value is -1.56. The number of nitrogens with one attached hydrogen (secondary N) is 1. The van der Waals surface area contributed by atoms with E-state index in [0.29, 0.717) is 11.6 Å². The van der Waals surface area contributed by atoms with Gasteiger partial charge in [0.1, 0.15) is 11.6 Å². The van der Waals surface area contributed by atoms with Gasteiger partial charge in [-0.1, -0.05) is 0 Å². The molecule has 1 unspecified atom stereocenters. The van der Waals surface area contributed by atoms with Crippen molar-refractivity contribution in [3.63, 3.8) is 0 Å². The van der Waals surface area contributed by atoms with Crippen LogP contribution in [0.3, 0.4) is 0 Å². The molecule has 2 heterocycles. The third kappa shape index (κ3) is 2.96. The molecule has 1 fully saturated rings. The monoisotopic (exact) mass is 223 g/mol. The molecule has 1 saturated heterocycles. The second-order valence-electron chi connectivity index (χ2n) is 3.91. The summed E-state index contributed by atoms with van der Waals surface area (Å²) in [5.41, 5.74) is 11.1. The van der Waals surface area contributed by atoms with Gasteiger partial charge in [0.2, 0.25) is 5.95 Å². The molecule has 0 bridgehead atoms. The lowest BCUT2D eigenvalue weighted by atomic mass is 10.1. The second-order valence-corrected chi connectivity index (χ2v) is 3.91. The van der Waals surface area contributed by atoms with Gasteiger partial charge in [-0.15, -0.1) is 0 Å². The highest BCUT2D eigenvalue weighted by molar-refractivity contribution is 5.48. The Morgan fingerprint density at radius 3 is 2.94 bits per heavy atom. The summed E-state index contributed by atoms with van der Waals surface area (Å²) < 4.78 is 5.59. The fourth-order valence-corrected chi connectivity index (χ4v) is 1.76. The van der Waals surface area contributed by atoms with Gasteiger partial charge in [-0.3, -0.25) is 0 Å². The molecule has 0 saturated carbocycles. The van der Waals surface area contributed by atoms with Gasteiger partial charge in [0.25, 0.3) is 0 Å². The van der Waals surface area contributed by atoms with Crippen molar-refractivity contribution in [1.29, 1.82) is 0 Å². The van der Waals surface area contributed by atoms with Crippen molar-refractivity contribution >= 4 is 17.6 Å². The molecule has 6 heteroatoms. The molecule has 1 aliphatic heterocycles. The number of nitrogen functional groups attached to an aromatic ring is 2. The maximum atomic E-state index is 5.59. The zero-order chi connectivity index (χ0) is 11.4. The van der Waals surface area contributed by atoms with Crippen LogP contribution in [0.1, 0.15) is 19.3 Å². The van der Waals surface area contributed by atoms with Crippen molar-refractivity contribution < 1.29 is 4.74 Å². The Labute approximate surface area is 94.4 Å². The first-order valence-corrected chi connectivity index (χ1v) is 5.49. The second kappa shape index (κ2) is 4.98. The number of nitrogens with zero attached hydrogens (tertiary/aromatic N) is 2. The Morgan fingerprint density at radius 2 is 2.25 bits per heavy atom. The predicted molar refractivity (Wildman–Crippen MR) is 62.9 cm³/mol. The van der Waals surface area contributed by atoms with Crippen LogP contribution in [0.15, 0.2) is 6.07 Å². The Balaban J connectivity index is 1.88. The van der Waals surface area contributed by atoms with Gasteiger partial charge >= 0.3 is 0 Å².